The zero-order valence-electron chi connectivity index (χ0n) is 14.1. The lowest BCUT2D eigenvalue weighted by Crippen LogP contribution is -2.33. The Balaban J connectivity index is 1.38. The predicted octanol–water partition coefficient (Wildman–Crippen LogP) is 2.54. The van der Waals surface area contributed by atoms with Gasteiger partial charge in [0.05, 0.1) is 11.1 Å². The van der Waals surface area contributed by atoms with Crippen molar-refractivity contribution in [2.45, 2.75) is 13.0 Å². The maximum atomic E-state index is 10.1. The summed E-state index contributed by atoms with van der Waals surface area (Å²) in [6.07, 6.45) is -0.618. The molecule has 6 heteroatoms. The minimum Gasteiger partial charge on any atom is -0.492 e. The van der Waals surface area contributed by atoms with Crippen LogP contribution in [0.2, 0.25) is 0 Å². The maximum Gasteiger partial charge on any atom is 0.170 e. The average Bonchev–Trinajstić information content (AvgIpc) is 3.02. The van der Waals surface area contributed by atoms with Crippen LogP contribution in [0.25, 0.3) is 11.0 Å². The molecule has 1 atom stereocenters. The number of aliphatic hydroxyl groups is 1. The Bertz CT molecular complexity index is 788. The first kappa shape index (κ1) is 17.3. The van der Waals surface area contributed by atoms with Gasteiger partial charge >= 0.3 is 0 Å². The number of hydrogen-bond acceptors (Lipinski definition) is 6. The van der Waals surface area contributed by atoms with Crippen LogP contribution < -0.4 is 14.8 Å². The normalized spacial score (nSPS) is 12.2. The number of aliphatic hydroxyl groups excluding tert-OH is 1. The Kier molecular flexibility index (Phi) is 5.87. The van der Waals surface area contributed by atoms with Gasteiger partial charge in [0.25, 0.3) is 0 Å². The molecule has 2 N–H and O–H groups in total. The third-order valence-electron chi connectivity index (χ3n) is 3.73. The third-order valence-corrected chi connectivity index (χ3v) is 3.73. The van der Waals surface area contributed by atoms with E-state index in [4.69, 9.17) is 14.0 Å². The van der Waals surface area contributed by atoms with Crippen LogP contribution in [0.5, 0.6) is 11.5 Å². The van der Waals surface area contributed by atoms with Crippen molar-refractivity contribution in [3.63, 3.8) is 0 Å². The molecular formula is C19H22N2O4. The highest BCUT2D eigenvalue weighted by atomic mass is 16.5. The number of fused-ring (bicyclic) bond motifs is 1. The number of para-hydroxylation sites is 1. The van der Waals surface area contributed by atoms with Crippen molar-refractivity contribution in [1.82, 2.24) is 10.5 Å². The Morgan fingerprint density at radius 1 is 1.12 bits per heavy atom. The first-order chi connectivity index (χ1) is 12.2. The van der Waals surface area contributed by atoms with Crippen molar-refractivity contribution in [2.24, 2.45) is 0 Å². The lowest BCUT2D eigenvalue weighted by Gasteiger charge is -2.14. The molecule has 0 spiro atoms. The summed E-state index contributed by atoms with van der Waals surface area (Å²) in [5.41, 5.74) is 1.46. The smallest absolute Gasteiger partial charge is 0.170 e. The van der Waals surface area contributed by atoms with Crippen molar-refractivity contribution < 1.29 is 19.1 Å². The van der Waals surface area contributed by atoms with Gasteiger partial charge in [0.15, 0.2) is 5.58 Å². The fourth-order valence-electron chi connectivity index (χ4n) is 2.50. The molecule has 0 fully saturated rings. The van der Waals surface area contributed by atoms with Gasteiger partial charge in [0.2, 0.25) is 0 Å². The minimum atomic E-state index is -0.618. The van der Waals surface area contributed by atoms with E-state index in [0.717, 1.165) is 16.8 Å². The largest absolute Gasteiger partial charge is 0.492 e. The van der Waals surface area contributed by atoms with Gasteiger partial charge in [-0.1, -0.05) is 29.4 Å². The molecule has 0 radical (unpaired) electrons. The minimum absolute atomic E-state index is 0.191. The van der Waals surface area contributed by atoms with E-state index in [1.54, 1.807) is 0 Å². The molecule has 0 bridgehead atoms. The summed E-state index contributed by atoms with van der Waals surface area (Å²) in [6, 6.07) is 15.2. The number of hydrogen-bond donors (Lipinski definition) is 2. The van der Waals surface area contributed by atoms with Gasteiger partial charge in [-0.25, -0.2) is 0 Å². The van der Waals surface area contributed by atoms with Crippen LogP contribution in [0.15, 0.2) is 53.1 Å². The summed E-state index contributed by atoms with van der Waals surface area (Å²) in [6.45, 7) is 3.67. The fourth-order valence-corrected chi connectivity index (χ4v) is 2.50. The van der Waals surface area contributed by atoms with E-state index in [2.05, 4.69) is 10.5 Å². The highest BCUT2D eigenvalue weighted by Crippen LogP contribution is 2.28. The maximum absolute atomic E-state index is 10.1. The topological polar surface area (TPSA) is 76.8 Å². The monoisotopic (exact) mass is 342 g/mol. The first-order valence-electron chi connectivity index (χ1n) is 8.28. The summed E-state index contributed by atoms with van der Waals surface area (Å²) in [7, 11) is 0. The Morgan fingerprint density at radius 3 is 2.80 bits per heavy atom. The van der Waals surface area contributed by atoms with Gasteiger partial charge in [-0.05, 0) is 31.2 Å². The SMILES string of the molecule is Cc1noc2cccc(OCC(O)CNCCOc3ccccc3)c12. The molecule has 1 aromatic heterocycles. The Labute approximate surface area is 146 Å². The molecule has 6 nitrogen and oxygen atoms in total. The van der Waals surface area contributed by atoms with Crippen LogP contribution in [0.4, 0.5) is 0 Å². The van der Waals surface area contributed by atoms with E-state index in [0.29, 0.717) is 31.0 Å². The van der Waals surface area contributed by atoms with Crippen molar-refractivity contribution in [2.75, 3.05) is 26.3 Å². The van der Waals surface area contributed by atoms with Gasteiger partial charge in [0.1, 0.15) is 30.8 Å². The predicted molar refractivity (Wildman–Crippen MR) is 95.1 cm³/mol. The number of nitrogens with one attached hydrogen (secondary N) is 1. The Morgan fingerprint density at radius 2 is 1.96 bits per heavy atom. The van der Waals surface area contributed by atoms with Crippen LogP contribution in [-0.4, -0.2) is 42.7 Å². The van der Waals surface area contributed by atoms with Crippen molar-refractivity contribution in [3.8, 4) is 11.5 Å². The fraction of sp³-hybridized carbons (Fsp3) is 0.316. The molecule has 1 unspecified atom stereocenters. The van der Waals surface area contributed by atoms with Gasteiger partial charge in [0, 0.05) is 13.1 Å². The van der Waals surface area contributed by atoms with E-state index < -0.39 is 6.10 Å². The summed E-state index contributed by atoms with van der Waals surface area (Å²) in [4.78, 5) is 0. The van der Waals surface area contributed by atoms with Crippen molar-refractivity contribution >= 4 is 11.0 Å². The standard InChI is InChI=1S/C19H22N2O4/c1-14-19-17(8-5-9-18(19)25-21-14)24-13-15(22)12-20-10-11-23-16-6-3-2-4-7-16/h2-9,15,20,22H,10-13H2,1H3. The number of ether oxygens (including phenoxy) is 2. The molecule has 0 aliphatic heterocycles. The lowest BCUT2D eigenvalue weighted by molar-refractivity contribution is 0.106. The van der Waals surface area contributed by atoms with Gasteiger partial charge in [-0.3, -0.25) is 0 Å². The van der Waals surface area contributed by atoms with Crippen molar-refractivity contribution in [1.29, 1.82) is 0 Å². The summed E-state index contributed by atoms with van der Waals surface area (Å²) in [5.74, 6) is 1.51. The average molecular weight is 342 g/mol. The molecule has 0 aliphatic rings. The van der Waals surface area contributed by atoms with E-state index in [9.17, 15) is 5.11 Å². The van der Waals surface area contributed by atoms with Crippen LogP contribution in [-0.2, 0) is 0 Å². The summed E-state index contributed by atoms with van der Waals surface area (Å²) >= 11 is 0. The van der Waals surface area contributed by atoms with Crippen LogP contribution in [0.3, 0.4) is 0 Å². The molecule has 3 aromatic rings. The van der Waals surface area contributed by atoms with Crippen LogP contribution in [0.1, 0.15) is 5.69 Å². The number of benzene rings is 2. The van der Waals surface area contributed by atoms with E-state index in [1.165, 1.54) is 0 Å². The number of rotatable bonds is 9. The number of aromatic nitrogens is 1. The third kappa shape index (κ3) is 4.71. The van der Waals surface area contributed by atoms with Gasteiger partial charge in [-0.15, -0.1) is 0 Å². The highest BCUT2D eigenvalue weighted by Gasteiger charge is 2.12. The molecule has 2 aromatic carbocycles. The lowest BCUT2D eigenvalue weighted by atomic mass is 10.2. The summed E-state index contributed by atoms with van der Waals surface area (Å²) < 4.78 is 16.5. The zero-order chi connectivity index (χ0) is 17.5. The van der Waals surface area contributed by atoms with E-state index in [1.807, 2.05) is 55.5 Å². The van der Waals surface area contributed by atoms with Crippen LogP contribution >= 0.6 is 0 Å². The molecule has 3 rings (SSSR count). The zero-order valence-corrected chi connectivity index (χ0v) is 14.1. The van der Waals surface area contributed by atoms with Gasteiger partial charge in [-0.2, -0.15) is 0 Å². The second-order valence-electron chi connectivity index (χ2n) is 5.73. The number of aryl methyl sites for hydroxylation is 1. The molecule has 132 valence electrons. The summed E-state index contributed by atoms with van der Waals surface area (Å²) in [5, 5.41) is 18.0. The quantitative estimate of drug-likeness (QED) is 0.582. The molecule has 1 heterocycles. The van der Waals surface area contributed by atoms with E-state index in [-0.39, 0.29) is 6.61 Å². The van der Waals surface area contributed by atoms with Crippen molar-refractivity contribution in [3.05, 3.63) is 54.2 Å². The first-order valence-corrected chi connectivity index (χ1v) is 8.28. The molecule has 0 aliphatic carbocycles. The van der Waals surface area contributed by atoms with Gasteiger partial charge < -0.3 is 24.4 Å². The molecule has 0 amide bonds. The van der Waals surface area contributed by atoms with Crippen LogP contribution in [0, 0.1) is 6.92 Å². The highest BCUT2D eigenvalue weighted by molar-refractivity contribution is 5.85. The molecular weight excluding hydrogens is 320 g/mol. The Hall–Kier alpha value is -2.57. The van der Waals surface area contributed by atoms with E-state index >= 15 is 0 Å². The second kappa shape index (κ2) is 8.50. The molecule has 0 saturated carbocycles. The second-order valence-corrected chi connectivity index (χ2v) is 5.73. The molecule has 0 saturated heterocycles. The number of nitrogens with zero attached hydrogens (tertiary/aromatic N) is 1. The molecule has 25 heavy (non-hydrogen) atoms.